The van der Waals surface area contributed by atoms with Crippen LogP contribution in [0.5, 0.6) is 0 Å². The van der Waals surface area contributed by atoms with Gasteiger partial charge in [-0.1, -0.05) is 42.5 Å². The molecule has 0 unspecified atom stereocenters. The number of benzene rings is 2. The molecule has 4 nitrogen and oxygen atoms in total. The minimum Gasteiger partial charge on any atom is -0.381 e. The predicted molar refractivity (Wildman–Crippen MR) is 99.0 cm³/mol. The van der Waals surface area contributed by atoms with E-state index in [0.29, 0.717) is 12.8 Å². The van der Waals surface area contributed by atoms with Crippen molar-refractivity contribution < 1.29 is 8.42 Å². The first kappa shape index (κ1) is 15.3. The van der Waals surface area contributed by atoms with Crippen molar-refractivity contribution in [3.63, 3.8) is 0 Å². The number of fused-ring (bicyclic) bond motifs is 1. The van der Waals surface area contributed by atoms with Crippen molar-refractivity contribution >= 4 is 26.4 Å². The predicted octanol–water partition coefficient (Wildman–Crippen LogP) is 3.82. The summed E-state index contributed by atoms with van der Waals surface area (Å²) in [4.78, 5) is 3.51. The molecule has 5 heteroatoms. The summed E-state index contributed by atoms with van der Waals surface area (Å²) in [5.74, 6) is 0.557. The Kier molecular flexibility index (Phi) is 3.81. The lowest BCUT2D eigenvalue weighted by Crippen LogP contribution is -2.32. The molecule has 0 bridgehead atoms. The fourth-order valence-electron chi connectivity index (χ4n) is 3.30. The average Bonchev–Trinajstić information content (AvgIpc) is 3.03. The minimum absolute atomic E-state index is 0.211. The van der Waals surface area contributed by atoms with E-state index in [1.807, 2.05) is 24.3 Å². The summed E-state index contributed by atoms with van der Waals surface area (Å²) in [5, 5.41) is 4.69. The molecule has 0 atom stereocenters. The van der Waals surface area contributed by atoms with E-state index >= 15 is 0 Å². The summed E-state index contributed by atoms with van der Waals surface area (Å²) < 4.78 is 23.2. The lowest BCUT2D eigenvalue weighted by molar-refractivity contribution is 0.560. The standard InChI is InChI=1S/C19H20N2O2S/c22-24(23)11-9-16(10-12-24)20-17-8-4-7-15-13-18(21-19(15)17)14-5-2-1-3-6-14/h1-8,13,16,20-21H,9-12H2. The van der Waals surface area contributed by atoms with Crippen LogP contribution in [0.25, 0.3) is 22.2 Å². The Morgan fingerprint density at radius 3 is 2.46 bits per heavy atom. The zero-order valence-corrected chi connectivity index (χ0v) is 14.1. The summed E-state index contributed by atoms with van der Waals surface area (Å²) in [6.07, 6.45) is 1.34. The first-order valence-corrected chi connectivity index (χ1v) is 10.1. The first-order chi connectivity index (χ1) is 11.6. The maximum absolute atomic E-state index is 11.6. The fraction of sp³-hybridized carbons (Fsp3) is 0.263. The van der Waals surface area contributed by atoms with Crippen molar-refractivity contribution in [2.24, 2.45) is 0 Å². The van der Waals surface area contributed by atoms with Crippen molar-refractivity contribution in [3.05, 3.63) is 54.6 Å². The highest BCUT2D eigenvalue weighted by atomic mass is 32.2. The van der Waals surface area contributed by atoms with E-state index in [9.17, 15) is 8.42 Å². The largest absolute Gasteiger partial charge is 0.381 e. The molecular weight excluding hydrogens is 320 g/mol. The van der Waals surface area contributed by atoms with Gasteiger partial charge in [0.05, 0.1) is 22.7 Å². The molecule has 0 aliphatic carbocycles. The summed E-state index contributed by atoms with van der Waals surface area (Å²) in [6.45, 7) is 0. The van der Waals surface area contributed by atoms with Gasteiger partial charge in [0.25, 0.3) is 0 Å². The summed E-state index contributed by atoms with van der Waals surface area (Å²) in [6, 6.07) is 18.8. The second-order valence-electron chi connectivity index (χ2n) is 6.39. The van der Waals surface area contributed by atoms with E-state index in [0.717, 1.165) is 27.8 Å². The maximum atomic E-state index is 11.6. The third-order valence-electron chi connectivity index (χ3n) is 4.66. The number of aromatic amines is 1. The lowest BCUT2D eigenvalue weighted by atomic mass is 10.1. The van der Waals surface area contributed by atoms with Crippen LogP contribution in [0.15, 0.2) is 54.6 Å². The van der Waals surface area contributed by atoms with Gasteiger partial charge in [-0.05, 0) is 30.5 Å². The van der Waals surface area contributed by atoms with Crippen LogP contribution in [0.4, 0.5) is 5.69 Å². The fourth-order valence-corrected chi connectivity index (χ4v) is 4.80. The highest BCUT2D eigenvalue weighted by molar-refractivity contribution is 7.91. The number of H-pyrrole nitrogens is 1. The Morgan fingerprint density at radius 1 is 0.958 bits per heavy atom. The highest BCUT2D eigenvalue weighted by Crippen LogP contribution is 2.30. The van der Waals surface area contributed by atoms with Gasteiger partial charge in [-0.15, -0.1) is 0 Å². The van der Waals surface area contributed by atoms with Crippen molar-refractivity contribution in [2.45, 2.75) is 18.9 Å². The highest BCUT2D eigenvalue weighted by Gasteiger charge is 2.23. The van der Waals surface area contributed by atoms with Gasteiger partial charge in [-0.2, -0.15) is 0 Å². The Morgan fingerprint density at radius 2 is 1.71 bits per heavy atom. The monoisotopic (exact) mass is 340 g/mol. The van der Waals surface area contributed by atoms with E-state index in [-0.39, 0.29) is 17.5 Å². The molecule has 0 spiro atoms. The third-order valence-corrected chi connectivity index (χ3v) is 6.37. The number of hydrogen-bond acceptors (Lipinski definition) is 3. The van der Waals surface area contributed by atoms with Crippen LogP contribution < -0.4 is 5.32 Å². The molecular formula is C19H20N2O2S. The average molecular weight is 340 g/mol. The van der Waals surface area contributed by atoms with Gasteiger partial charge in [0.1, 0.15) is 9.84 Å². The molecule has 1 saturated heterocycles. The van der Waals surface area contributed by atoms with E-state index < -0.39 is 9.84 Å². The van der Waals surface area contributed by atoms with E-state index in [1.54, 1.807) is 0 Å². The quantitative estimate of drug-likeness (QED) is 0.762. The Labute approximate surface area is 141 Å². The molecule has 124 valence electrons. The van der Waals surface area contributed by atoms with Crippen molar-refractivity contribution in [1.82, 2.24) is 4.98 Å². The molecule has 1 fully saturated rings. The summed E-state index contributed by atoms with van der Waals surface area (Å²) in [7, 11) is -2.83. The Bertz CT molecular complexity index is 947. The van der Waals surface area contributed by atoms with Crippen LogP contribution >= 0.6 is 0 Å². The molecule has 0 radical (unpaired) electrons. The molecule has 4 rings (SSSR count). The molecule has 1 aliphatic rings. The molecule has 3 aromatic rings. The maximum Gasteiger partial charge on any atom is 0.150 e. The zero-order chi connectivity index (χ0) is 16.6. The smallest absolute Gasteiger partial charge is 0.150 e. The molecule has 2 heterocycles. The molecule has 0 saturated carbocycles. The van der Waals surface area contributed by atoms with Crippen LogP contribution in [-0.4, -0.2) is 30.9 Å². The molecule has 2 N–H and O–H groups in total. The van der Waals surface area contributed by atoms with Gasteiger partial charge < -0.3 is 10.3 Å². The lowest BCUT2D eigenvalue weighted by Gasteiger charge is -2.24. The van der Waals surface area contributed by atoms with E-state index in [4.69, 9.17) is 0 Å². The number of nitrogens with one attached hydrogen (secondary N) is 2. The third kappa shape index (κ3) is 3.04. The normalized spacial score (nSPS) is 17.8. The number of anilines is 1. The number of sulfone groups is 1. The van der Waals surface area contributed by atoms with Gasteiger partial charge in [0.15, 0.2) is 0 Å². The van der Waals surface area contributed by atoms with Gasteiger partial charge in [-0.3, -0.25) is 0 Å². The van der Waals surface area contributed by atoms with Crippen LogP contribution in [0.3, 0.4) is 0 Å². The minimum atomic E-state index is -2.83. The topological polar surface area (TPSA) is 62.0 Å². The van der Waals surface area contributed by atoms with Gasteiger partial charge in [-0.25, -0.2) is 8.42 Å². The van der Waals surface area contributed by atoms with Gasteiger partial charge >= 0.3 is 0 Å². The van der Waals surface area contributed by atoms with E-state index in [2.05, 4.69) is 40.6 Å². The van der Waals surface area contributed by atoms with Gasteiger partial charge in [0, 0.05) is 17.1 Å². The van der Waals surface area contributed by atoms with Crippen molar-refractivity contribution in [2.75, 3.05) is 16.8 Å². The van der Waals surface area contributed by atoms with Crippen LogP contribution in [-0.2, 0) is 9.84 Å². The number of rotatable bonds is 3. The molecule has 1 aromatic heterocycles. The van der Waals surface area contributed by atoms with Gasteiger partial charge in [0.2, 0.25) is 0 Å². The van der Waals surface area contributed by atoms with Crippen LogP contribution in [0.1, 0.15) is 12.8 Å². The second-order valence-corrected chi connectivity index (χ2v) is 8.69. The summed E-state index contributed by atoms with van der Waals surface area (Å²) >= 11 is 0. The van der Waals surface area contributed by atoms with Crippen molar-refractivity contribution in [1.29, 1.82) is 0 Å². The SMILES string of the molecule is O=S1(=O)CCC(Nc2cccc3cc(-c4ccccc4)[nH]c23)CC1. The van der Waals surface area contributed by atoms with Crippen LogP contribution in [0, 0.1) is 0 Å². The second kappa shape index (κ2) is 5.98. The number of aromatic nitrogens is 1. The Balaban J connectivity index is 1.63. The number of para-hydroxylation sites is 1. The van der Waals surface area contributed by atoms with Crippen LogP contribution in [0.2, 0.25) is 0 Å². The molecule has 24 heavy (non-hydrogen) atoms. The zero-order valence-electron chi connectivity index (χ0n) is 13.3. The van der Waals surface area contributed by atoms with Crippen molar-refractivity contribution in [3.8, 4) is 11.3 Å². The number of hydrogen-bond donors (Lipinski definition) is 2. The molecule has 0 amide bonds. The molecule has 2 aromatic carbocycles. The van der Waals surface area contributed by atoms with E-state index in [1.165, 1.54) is 0 Å². The Hall–Kier alpha value is -2.27. The molecule has 1 aliphatic heterocycles. The summed E-state index contributed by atoms with van der Waals surface area (Å²) in [5.41, 5.74) is 4.36. The first-order valence-electron chi connectivity index (χ1n) is 8.25.